The average molecular weight is 526 g/mol. The summed E-state index contributed by atoms with van der Waals surface area (Å²) in [6, 6.07) is 15.3. The maximum Gasteiger partial charge on any atom is 0.334 e. The van der Waals surface area contributed by atoms with E-state index in [1.54, 1.807) is 42.5 Å². The van der Waals surface area contributed by atoms with Crippen molar-refractivity contribution >= 4 is 11.6 Å². The van der Waals surface area contributed by atoms with E-state index in [1.807, 2.05) is 6.07 Å². The molecule has 5 rings (SSSR count). The number of nitrogens with zero attached hydrogens (tertiary/aromatic N) is 2. The second-order valence-electron chi connectivity index (χ2n) is 8.55. The highest BCUT2D eigenvalue weighted by Gasteiger charge is 2.36. The summed E-state index contributed by atoms with van der Waals surface area (Å²) >= 11 is 6.55. The Kier molecular flexibility index (Phi) is 6.57. The number of hydrogen-bond acceptors (Lipinski definition) is 5. The van der Waals surface area contributed by atoms with Crippen LogP contribution in [0.5, 0.6) is 11.6 Å². The standard InChI is InChI=1S/C27H22ClF2N3O4/c1-36-21-12-5-9-16(24(21)28)22-25(34)32(13-19(31)15-7-3-2-4-8-15)27(35)33-20(14-37-26(22)33)23-17(29)10-6-11-18(23)30/h2-12,19-20H,13-14,31H2,1H3. The van der Waals surface area contributed by atoms with E-state index < -0.39 is 35.0 Å². The third-order valence-electron chi connectivity index (χ3n) is 6.41. The van der Waals surface area contributed by atoms with Crippen molar-refractivity contribution in [1.82, 2.24) is 9.13 Å². The Morgan fingerprint density at radius 2 is 1.73 bits per heavy atom. The lowest BCUT2D eigenvalue weighted by Gasteiger charge is -2.20. The monoisotopic (exact) mass is 525 g/mol. The summed E-state index contributed by atoms with van der Waals surface area (Å²) in [6.07, 6.45) is 0. The van der Waals surface area contributed by atoms with Crippen LogP contribution in [0.4, 0.5) is 8.78 Å². The summed E-state index contributed by atoms with van der Waals surface area (Å²) in [6.45, 7) is -0.459. The smallest absolute Gasteiger partial charge is 0.334 e. The molecule has 1 aromatic heterocycles. The SMILES string of the molecule is COc1cccc(-c2c3n(c(=O)n(CC(N)c4ccccc4)c2=O)C(c2c(F)cccc2F)CO3)c1Cl. The zero-order valence-electron chi connectivity index (χ0n) is 19.7. The molecule has 0 saturated heterocycles. The van der Waals surface area contributed by atoms with Gasteiger partial charge in [0.2, 0.25) is 5.88 Å². The molecule has 10 heteroatoms. The van der Waals surface area contributed by atoms with Crippen molar-refractivity contribution in [2.24, 2.45) is 5.73 Å². The Morgan fingerprint density at radius 3 is 2.41 bits per heavy atom. The van der Waals surface area contributed by atoms with E-state index in [0.29, 0.717) is 11.3 Å². The zero-order chi connectivity index (χ0) is 26.3. The Hall–Kier alpha value is -3.95. The van der Waals surface area contributed by atoms with Gasteiger partial charge in [-0.25, -0.2) is 13.6 Å². The first-order chi connectivity index (χ1) is 17.8. The lowest BCUT2D eigenvalue weighted by molar-refractivity contribution is 0.337. The van der Waals surface area contributed by atoms with Gasteiger partial charge in [0.25, 0.3) is 5.56 Å². The summed E-state index contributed by atoms with van der Waals surface area (Å²) in [5.41, 5.74) is 5.42. The van der Waals surface area contributed by atoms with Crippen LogP contribution in [0.1, 0.15) is 23.2 Å². The molecule has 0 radical (unpaired) electrons. The molecule has 2 atom stereocenters. The van der Waals surface area contributed by atoms with Gasteiger partial charge >= 0.3 is 5.69 Å². The van der Waals surface area contributed by atoms with Crippen LogP contribution in [-0.2, 0) is 6.54 Å². The number of benzene rings is 3. The normalized spacial score (nSPS) is 15.2. The van der Waals surface area contributed by atoms with Crippen molar-refractivity contribution in [3.8, 4) is 22.8 Å². The van der Waals surface area contributed by atoms with E-state index in [-0.39, 0.29) is 40.7 Å². The topological polar surface area (TPSA) is 88.5 Å². The fraction of sp³-hybridized carbons (Fsp3) is 0.185. The summed E-state index contributed by atoms with van der Waals surface area (Å²) in [5.74, 6) is -1.52. The van der Waals surface area contributed by atoms with Gasteiger partial charge in [-0.2, -0.15) is 0 Å². The molecular weight excluding hydrogens is 504 g/mol. The van der Waals surface area contributed by atoms with E-state index in [1.165, 1.54) is 13.2 Å². The highest BCUT2D eigenvalue weighted by Crippen LogP contribution is 2.41. The molecule has 3 aromatic carbocycles. The summed E-state index contributed by atoms with van der Waals surface area (Å²) in [4.78, 5) is 27.5. The van der Waals surface area contributed by atoms with Crippen molar-refractivity contribution in [1.29, 1.82) is 0 Å². The van der Waals surface area contributed by atoms with Gasteiger partial charge in [0, 0.05) is 11.6 Å². The van der Waals surface area contributed by atoms with Crippen molar-refractivity contribution in [3.05, 3.63) is 115 Å². The lowest BCUT2D eigenvalue weighted by Crippen LogP contribution is -2.43. The molecule has 0 amide bonds. The minimum absolute atomic E-state index is 0.0389. The summed E-state index contributed by atoms with van der Waals surface area (Å²) in [5, 5.41) is 0.117. The molecular formula is C27H22ClF2N3O4. The Labute approximate surface area is 215 Å². The van der Waals surface area contributed by atoms with Crippen molar-refractivity contribution in [2.45, 2.75) is 18.6 Å². The number of ether oxygens (including phenoxy) is 2. The fourth-order valence-corrected chi connectivity index (χ4v) is 4.89. The largest absolute Gasteiger partial charge is 0.495 e. The zero-order valence-corrected chi connectivity index (χ0v) is 20.4. The Bertz CT molecular complexity index is 1580. The van der Waals surface area contributed by atoms with Gasteiger partial charge in [-0.05, 0) is 23.8 Å². The van der Waals surface area contributed by atoms with Gasteiger partial charge in [-0.3, -0.25) is 13.9 Å². The molecule has 2 heterocycles. The van der Waals surface area contributed by atoms with Crippen LogP contribution in [0.15, 0.2) is 76.3 Å². The van der Waals surface area contributed by atoms with Gasteiger partial charge in [0.05, 0.1) is 24.2 Å². The van der Waals surface area contributed by atoms with Crippen LogP contribution in [0.2, 0.25) is 5.02 Å². The maximum absolute atomic E-state index is 14.8. The van der Waals surface area contributed by atoms with E-state index in [4.69, 9.17) is 26.8 Å². The van der Waals surface area contributed by atoms with Crippen LogP contribution < -0.4 is 26.5 Å². The number of hydrogen-bond donors (Lipinski definition) is 1. The predicted octanol–water partition coefficient (Wildman–Crippen LogP) is 4.30. The molecule has 37 heavy (non-hydrogen) atoms. The van der Waals surface area contributed by atoms with Gasteiger partial charge < -0.3 is 15.2 Å². The van der Waals surface area contributed by atoms with Crippen molar-refractivity contribution in [2.75, 3.05) is 13.7 Å². The number of halogens is 3. The van der Waals surface area contributed by atoms with Crippen LogP contribution >= 0.6 is 11.6 Å². The van der Waals surface area contributed by atoms with Crippen LogP contribution in [0, 0.1) is 11.6 Å². The Balaban J connectivity index is 1.78. The highest BCUT2D eigenvalue weighted by molar-refractivity contribution is 6.34. The highest BCUT2D eigenvalue weighted by atomic mass is 35.5. The molecule has 0 bridgehead atoms. The summed E-state index contributed by atoms with van der Waals surface area (Å²) < 4.78 is 42.7. The maximum atomic E-state index is 14.8. The van der Waals surface area contributed by atoms with E-state index in [9.17, 15) is 18.4 Å². The van der Waals surface area contributed by atoms with Gasteiger partial charge in [0.15, 0.2) is 0 Å². The number of rotatable bonds is 6. The molecule has 4 aromatic rings. The lowest BCUT2D eigenvalue weighted by atomic mass is 10.0. The van der Waals surface area contributed by atoms with Gasteiger partial charge in [-0.15, -0.1) is 0 Å². The number of nitrogens with two attached hydrogens (primary N) is 1. The van der Waals surface area contributed by atoms with Crippen molar-refractivity contribution < 1.29 is 18.3 Å². The first-order valence-electron chi connectivity index (χ1n) is 11.4. The molecule has 0 saturated carbocycles. The third-order valence-corrected chi connectivity index (χ3v) is 6.80. The van der Waals surface area contributed by atoms with E-state index in [0.717, 1.165) is 21.3 Å². The van der Waals surface area contributed by atoms with Gasteiger partial charge in [0.1, 0.15) is 35.6 Å². The van der Waals surface area contributed by atoms with Crippen LogP contribution in [0.3, 0.4) is 0 Å². The molecule has 0 spiro atoms. The number of aromatic nitrogens is 2. The second kappa shape index (κ2) is 9.84. The number of methoxy groups -OCH3 is 1. The van der Waals surface area contributed by atoms with E-state index in [2.05, 4.69) is 0 Å². The molecule has 2 N–H and O–H groups in total. The molecule has 1 aliphatic heterocycles. The summed E-state index contributed by atoms with van der Waals surface area (Å²) in [7, 11) is 1.43. The molecule has 0 fully saturated rings. The van der Waals surface area contributed by atoms with Crippen LogP contribution in [0.25, 0.3) is 11.1 Å². The molecule has 2 unspecified atom stereocenters. The quantitative estimate of drug-likeness (QED) is 0.405. The molecule has 190 valence electrons. The minimum atomic E-state index is -1.16. The second-order valence-corrected chi connectivity index (χ2v) is 8.93. The fourth-order valence-electron chi connectivity index (χ4n) is 4.60. The molecule has 0 aliphatic carbocycles. The third kappa shape index (κ3) is 4.20. The van der Waals surface area contributed by atoms with Crippen molar-refractivity contribution in [3.63, 3.8) is 0 Å². The van der Waals surface area contributed by atoms with Crippen LogP contribution in [-0.4, -0.2) is 22.9 Å². The number of fused-ring (bicyclic) bond motifs is 1. The first-order valence-corrected chi connectivity index (χ1v) is 11.8. The minimum Gasteiger partial charge on any atom is -0.495 e. The van der Waals surface area contributed by atoms with E-state index >= 15 is 0 Å². The average Bonchev–Trinajstić information content (AvgIpc) is 3.32. The molecule has 1 aliphatic rings. The first kappa shape index (κ1) is 24.7. The molecule has 7 nitrogen and oxygen atoms in total. The Morgan fingerprint density at radius 1 is 1.05 bits per heavy atom. The predicted molar refractivity (Wildman–Crippen MR) is 135 cm³/mol. The van der Waals surface area contributed by atoms with Gasteiger partial charge in [-0.1, -0.05) is 60.1 Å².